The molecule has 1 saturated heterocycles. The van der Waals surface area contributed by atoms with Crippen LogP contribution in [0.3, 0.4) is 0 Å². The Morgan fingerprint density at radius 2 is 2.24 bits per heavy atom. The second-order valence-electron chi connectivity index (χ2n) is 5.26. The largest absolute Gasteiger partial charge is 0.384 e. The number of nitrogens with zero attached hydrogens (tertiary/aromatic N) is 2. The zero-order valence-corrected chi connectivity index (χ0v) is 12.3. The van der Waals surface area contributed by atoms with Crippen molar-refractivity contribution in [3.05, 3.63) is 35.1 Å². The lowest BCUT2D eigenvalue weighted by Gasteiger charge is -2.38. The Labute approximate surface area is 124 Å². The fourth-order valence-electron chi connectivity index (χ4n) is 2.53. The summed E-state index contributed by atoms with van der Waals surface area (Å²) in [6, 6.07) is 4.03. The summed E-state index contributed by atoms with van der Waals surface area (Å²) in [5.74, 6) is 4.54. The monoisotopic (exact) mass is 290 g/mol. The Balaban J connectivity index is 2.32. The van der Waals surface area contributed by atoms with Gasteiger partial charge in [-0.2, -0.15) is 0 Å². The van der Waals surface area contributed by atoms with Gasteiger partial charge in [0.2, 0.25) is 0 Å². The SMILES string of the molecule is CC1CN(C)CCN1C(=O)c1cc(F)ccc1C#CCO. The highest BCUT2D eigenvalue weighted by atomic mass is 19.1. The van der Waals surface area contributed by atoms with Crippen molar-refractivity contribution >= 4 is 5.91 Å². The van der Waals surface area contributed by atoms with Crippen molar-refractivity contribution < 1.29 is 14.3 Å². The van der Waals surface area contributed by atoms with Gasteiger partial charge < -0.3 is 14.9 Å². The van der Waals surface area contributed by atoms with Crippen LogP contribution in [0, 0.1) is 17.7 Å². The third kappa shape index (κ3) is 3.60. The number of aliphatic hydroxyl groups is 1. The van der Waals surface area contributed by atoms with Crippen LogP contribution in [0.15, 0.2) is 18.2 Å². The molecule has 1 aromatic carbocycles. The first kappa shape index (κ1) is 15.5. The maximum Gasteiger partial charge on any atom is 0.255 e. The number of hydrogen-bond donors (Lipinski definition) is 1. The number of amides is 1. The quantitative estimate of drug-likeness (QED) is 0.783. The Morgan fingerprint density at radius 1 is 1.48 bits per heavy atom. The van der Waals surface area contributed by atoms with Crippen molar-refractivity contribution in [3.8, 4) is 11.8 Å². The van der Waals surface area contributed by atoms with E-state index in [-0.39, 0.29) is 24.1 Å². The van der Waals surface area contributed by atoms with Crippen LogP contribution < -0.4 is 0 Å². The molecular formula is C16H19FN2O2. The van der Waals surface area contributed by atoms with E-state index in [1.54, 1.807) is 4.90 Å². The highest BCUT2D eigenvalue weighted by molar-refractivity contribution is 5.97. The van der Waals surface area contributed by atoms with Gasteiger partial charge in [0.15, 0.2) is 0 Å². The number of rotatable bonds is 1. The molecule has 112 valence electrons. The summed E-state index contributed by atoms with van der Waals surface area (Å²) < 4.78 is 13.5. The Hall–Kier alpha value is -1.90. The standard InChI is InChI=1S/C16H19FN2O2/c1-12-11-18(2)7-8-19(12)16(21)15-10-14(17)6-5-13(15)4-3-9-20/h5-6,10,12,20H,7-9,11H2,1-2H3. The molecule has 0 aliphatic carbocycles. The molecule has 0 saturated carbocycles. The van der Waals surface area contributed by atoms with Crippen LogP contribution in [0.4, 0.5) is 4.39 Å². The molecule has 1 heterocycles. The lowest BCUT2D eigenvalue weighted by molar-refractivity contribution is 0.0533. The number of likely N-dealkylation sites (N-methyl/N-ethyl adjacent to an activating group) is 1. The van der Waals surface area contributed by atoms with Crippen molar-refractivity contribution in [2.75, 3.05) is 33.3 Å². The average Bonchev–Trinajstić information content (AvgIpc) is 2.45. The van der Waals surface area contributed by atoms with Crippen molar-refractivity contribution in [2.24, 2.45) is 0 Å². The molecule has 0 aromatic heterocycles. The van der Waals surface area contributed by atoms with E-state index in [1.807, 2.05) is 14.0 Å². The minimum atomic E-state index is -0.463. The first-order valence-corrected chi connectivity index (χ1v) is 6.91. The van der Waals surface area contributed by atoms with Gasteiger partial charge in [0.1, 0.15) is 12.4 Å². The molecule has 1 amide bonds. The highest BCUT2D eigenvalue weighted by Crippen LogP contribution is 2.17. The predicted octanol–water partition coefficient (Wildman–Crippen LogP) is 0.946. The minimum absolute atomic E-state index is 0.0677. The van der Waals surface area contributed by atoms with Gasteiger partial charge in [-0.25, -0.2) is 4.39 Å². The third-order valence-corrected chi connectivity index (χ3v) is 3.61. The number of aliphatic hydroxyl groups excluding tert-OH is 1. The molecule has 1 aliphatic heterocycles. The van der Waals surface area contributed by atoms with Crippen molar-refractivity contribution in [3.63, 3.8) is 0 Å². The van der Waals surface area contributed by atoms with Crippen LogP contribution in [-0.2, 0) is 0 Å². The molecule has 1 aromatic rings. The van der Waals surface area contributed by atoms with Gasteiger partial charge in [-0.15, -0.1) is 0 Å². The van der Waals surface area contributed by atoms with E-state index in [1.165, 1.54) is 18.2 Å². The second kappa shape index (κ2) is 6.70. The van der Waals surface area contributed by atoms with Gasteiger partial charge in [0.05, 0.1) is 5.56 Å². The number of benzene rings is 1. The fraction of sp³-hybridized carbons (Fsp3) is 0.438. The predicted molar refractivity (Wildman–Crippen MR) is 78.4 cm³/mol. The number of halogens is 1. The first-order chi connectivity index (χ1) is 10.0. The van der Waals surface area contributed by atoms with Crippen LogP contribution in [0.25, 0.3) is 0 Å². The van der Waals surface area contributed by atoms with Crippen LogP contribution in [0.5, 0.6) is 0 Å². The highest BCUT2D eigenvalue weighted by Gasteiger charge is 2.27. The zero-order chi connectivity index (χ0) is 15.4. The molecular weight excluding hydrogens is 271 g/mol. The van der Waals surface area contributed by atoms with Crippen LogP contribution in [0.2, 0.25) is 0 Å². The molecule has 2 rings (SSSR count). The Kier molecular flexibility index (Phi) is 4.94. The first-order valence-electron chi connectivity index (χ1n) is 6.91. The number of carbonyl (C=O) groups excluding carboxylic acids is 1. The summed E-state index contributed by atoms with van der Waals surface area (Å²) in [6.07, 6.45) is 0. The second-order valence-corrected chi connectivity index (χ2v) is 5.26. The van der Waals surface area contributed by atoms with Gasteiger partial charge in [0.25, 0.3) is 5.91 Å². The molecule has 0 radical (unpaired) electrons. The third-order valence-electron chi connectivity index (χ3n) is 3.61. The minimum Gasteiger partial charge on any atom is -0.384 e. The molecule has 1 aliphatic rings. The van der Waals surface area contributed by atoms with E-state index in [0.717, 1.165) is 13.1 Å². The van der Waals surface area contributed by atoms with Crippen LogP contribution in [0.1, 0.15) is 22.8 Å². The van der Waals surface area contributed by atoms with E-state index in [0.29, 0.717) is 12.1 Å². The molecule has 1 unspecified atom stereocenters. The normalized spacial score (nSPS) is 19.0. The molecule has 5 heteroatoms. The summed E-state index contributed by atoms with van der Waals surface area (Å²) in [4.78, 5) is 16.6. The molecule has 1 N–H and O–H groups in total. The zero-order valence-electron chi connectivity index (χ0n) is 12.3. The smallest absolute Gasteiger partial charge is 0.255 e. The van der Waals surface area contributed by atoms with Crippen molar-refractivity contribution in [2.45, 2.75) is 13.0 Å². The summed E-state index contributed by atoms with van der Waals surface area (Å²) in [5, 5.41) is 8.78. The van der Waals surface area contributed by atoms with Gasteiger partial charge >= 0.3 is 0 Å². The lowest BCUT2D eigenvalue weighted by Crippen LogP contribution is -2.52. The average molecular weight is 290 g/mol. The summed E-state index contributed by atoms with van der Waals surface area (Å²) in [6.45, 7) is 3.88. The van der Waals surface area contributed by atoms with Crippen LogP contribution in [-0.4, -0.2) is 60.1 Å². The van der Waals surface area contributed by atoms with Gasteiger partial charge in [-0.05, 0) is 32.2 Å². The molecule has 1 atom stereocenters. The van der Waals surface area contributed by atoms with E-state index in [2.05, 4.69) is 16.7 Å². The topological polar surface area (TPSA) is 43.8 Å². The van der Waals surface area contributed by atoms with Crippen molar-refractivity contribution in [1.82, 2.24) is 9.80 Å². The summed E-state index contributed by atoms with van der Waals surface area (Å²) in [5.41, 5.74) is 0.703. The van der Waals surface area contributed by atoms with Gasteiger partial charge in [0, 0.05) is 31.2 Å². The van der Waals surface area contributed by atoms with Gasteiger partial charge in [-0.1, -0.05) is 11.8 Å². The van der Waals surface area contributed by atoms with Crippen molar-refractivity contribution in [1.29, 1.82) is 0 Å². The van der Waals surface area contributed by atoms with E-state index in [9.17, 15) is 9.18 Å². The number of hydrogen-bond acceptors (Lipinski definition) is 3. The Bertz CT molecular complexity index is 592. The number of carbonyl (C=O) groups is 1. The molecule has 0 spiro atoms. The molecule has 21 heavy (non-hydrogen) atoms. The molecule has 4 nitrogen and oxygen atoms in total. The summed E-state index contributed by atoms with van der Waals surface area (Å²) >= 11 is 0. The van der Waals surface area contributed by atoms with E-state index >= 15 is 0 Å². The maximum atomic E-state index is 13.5. The maximum absolute atomic E-state index is 13.5. The van der Waals surface area contributed by atoms with E-state index in [4.69, 9.17) is 5.11 Å². The van der Waals surface area contributed by atoms with Crippen LogP contribution >= 0.6 is 0 Å². The summed E-state index contributed by atoms with van der Waals surface area (Å²) in [7, 11) is 2.01. The van der Waals surface area contributed by atoms with Gasteiger partial charge in [-0.3, -0.25) is 4.79 Å². The lowest BCUT2D eigenvalue weighted by atomic mass is 10.0. The number of piperazine rings is 1. The molecule has 1 fully saturated rings. The fourth-order valence-corrected chi connectivity index (χ4v) is 2.53. The Morgan fingerprint density at radius 3 is 2.90 bits per heavy atom. The molecule has 0 bridgehead atoms. The van der Waals surface area contributed by atoms with E-state index < -0.39 is 5.82 Å².